The quantitative estimate of drug-likeness (QED) is 0.704. The van der Waals surface area contributed by atoms with Gasteiger partial charge in [0.25, 0.3) is 0 Å². The number of nitrogens with one attached hydrogen (secondary N) is 1. The molecule has 130 valence electrons. The first-order valence-corrected chi connectivity index (χ1v) is 8.82. The van der Waals surface area contributed by atoms with Crippen LogP contribution in [0.25, 0.3) is 0 Å². The van der Waals surface area contributed by atoms with Gasteiger partial charge in [0, 0.05) is 30.0 Å². The van der Waals surface area contributed by atoms with E-state index in [1.165, 1.54) is 6.42 Å². The van der Waals surface area contributed by atoms with Crippen LogP contribution in [-0.4, -0.2) is 43.6 Å². The van der Waals surface area contributed by atoms with Gasteiger partial charge in [-0.2, -0.15) is 0 Å². The van der Waals surface area contributed by atoms with Gasteiger partial charge in [0.05, 0.1) is 6.61 Å². The number of unbranched alkanes of at least 4 members (excludes halogenated alkanes) is 1. The SMILES string of the molecule is CNC1CCCN(C(=O)CCCCOc2ccc(Br)cc2)C1.Cl. The van der Waals surface area contributed by atoms with E-state index in [-0.39, 0.29) is 18.3 Å². The number of carbonyl (C=O) groups excluding carboxylic acids is 1. The number of hydrogen-bond donors (Lipinski definition) is 1. The van der Waals surface area contributed by atoms with Crippen molar-refractivity contribution in [1.82, 2.24) is 10.2 Å². The van der Waals surface area contributed by atoms with Crippen LogP contribution < -0.4 is 10.1 Å². The fourth-order valence-corrected chi connectivity index (χ4v) is 2.96. The third-order valence-corrected chi connectivity index (χ3v) is 4.58. The Morgan fingerprint density at radius 2 is 2.09 bits per heavy atom. The summed E-state index contributed by atoms with van der Waals surface area (Å²) in [6.07, 6.45) is 4.69. The molecule has 4 nitrogen and oxygen atoms in total. The van der Waals surface area contributed by atoms with E-state index in [0.29, 0.717) is 19.1 Å². The van der Waals surface area contributed by atoms with Crippen molar-refractivity contribution in [2.24, 2.45) is 0 Å². The Morgan fingerprint density at radius 3 is 2.78 bits per heavy atom. The van der Waals surface area contributed by atoms with Gasteiger partial charge < -0.3 is 15.0 Å². The summed E-state index contributed by atoms with van der Waals surface area (Å²) >= 11 is 3.40. The van der Waals surface area contributed by atoms with E-state index in [0.717, 1.165) is 42.6 Å². The van der Waals surface area contributed by atoms with Crippen LogP contribution in [0.2, 0.25) is 0 Å². The number of piperidine rings is 1. The van der Waals surface area contributed by atoms with Crippen molar-refractivity contribution in [3.8, 4) is 5.75 Å². The molecule has 1 fully saturated rings. The van der Waals surface area contributed by atoms with E-state index in [2.05, 4.69) is 21.2 Å². The summed E-state index contributed by atoms with van der Waals surface area (Å²) in [4.78, 5) is 14.2. The Labute approximate surface area is 153 Å². The van der Waals surface area contributed by atoms with Crippen LogP contribution in [0.5, 0.6) is 5.75 Å². The first-order chi connectivity index (χ1) is 10.7. The summed E-state index contributed by atoms with van der Waals surface area (Å²) in [5.74, 6) is 1.16. The van der Waals surface area contributed by atoms with Crippen molar-refractivity contribution in [1.29, 1.82) is 0 Å². The number of likely N-dealkylation sites (tertiary alicyclic amines) is 1. The molecular weight excluding hydrogens is 380 g/mol. The monoisotopic (exact) mass is 404 g/mol. The number of ether oxygens (including phenoxy) is 1. The minimum atomic E-state index is 0. The van der Waals surface area contributed by atoms with Crippen LogP contribution in [0.4, 0.5) is 0 Å². The molecule has 6 heteroatoms. The molecule has 1 N–H and O–H groups in total. The third kappa shape index (κ3) is 7.10. The number of hydrogen-bond acceptors (Lipinski definition) is 3. The highest BCUT2D eigenvalue weighted by Gasteiger charge is 2.21. The fraction of sp³-hybridized carbons (Fsp3) is 0.588. The zero-order chi connectivity index (χ0) is 15.8. The number of nitrogens with zero attached hydrogens (tertiary/aromatic N) is 1. The predicted octanol–water partition coefficient (Wildman–Crippen LogP) is 3.63. The number of rotatable bonds is 7. The lowest BCUT2D eigenvalue weighted by Crippen LogP contribution is -2.46. The zero-order valence-electron chi connectivity index (χ0n) is 13.6. The van der Waals surface area contributed by atoms with Gasteiger partial charge in [-0.15, -0.1) is 12.4 Å². The van der Waals surface area contributed by atoms with Crippen LogP contribution >= 0.6 is 28.3 Å². The number of carbonyl (C=O) groups is 1. The predicted molar refractivity (Wildman–Crippen MR) is 99.4 cm³/mol. The summed E-state index contributed by atoms with van der Waals surface area (Å²) in [7, 11) is 1.97. The maximum absolute atomic E-state index is 12.2. The van der Waals surface area contributed by atoms with Gasteiger partial charge in [0.2, 0.25) is 5.91 Å². The number of benzene rings is 1. The molecule has 1 heterocycles. The lowest BCUT2D eigenvalue weighted by atomic mass is 10.1. The summed E-state index contributed by atoms with van der Waals surface area (Å²) in [6.45, 7) is 2.42. The van der Waals surface area contributed by atoms with Crippen LogP contribution in [0, 0.1) is 0 Å². The maximum atomic E-state index is 12.2. The first kappa shape index (κ1) is 20.3. The lowest BCUT2D eigenvalue weighted by molar-refractivity contribution is -0.132. The summed E-state index contributed by atoms with van der Waals surface area (Å²) in [6, 6.07) is 8.28. The molecule has 1 saturated heterocycles. The number of amides is 1. The van der Waals surface area contributed by atoms with Gasteiger partial charge in [-0.3, -0.25) is 4.79 Å². The van der Waals surface area contributed by atoms with Gasteiger partial charge in [-0.25, -0.2) is 0 Å². The highest BCUT2D eigenvalue weighted by atomic mass is 79.9. The van der Waals surface area contributed by atoms with Crippen LogP contribution in [0.15, 0.2) is 28.7 Å². The molecule has 2 rings (SSSR count). The second kappa shape index (κ2) is 10.9. The van der Waals surface area contributed by atoms with E-state index >= 15 is 0 Å². The van der Waals surface area contributed by atoms with Crippen molar-refractivity contribution in [2.45, 2.75) is 38.1 Å². The van der Waals surface area contributed by atoms with Gasteiger partial charge in [-0.05, 0) is 57.0 Å². The normalized spacial score (nSPS) is 17.5. The third-order valence-electron chi connectivity index (χ3n) is 4.05. The average Bonchev–Trinajstić information content (AvgIpc) is 2.56. The summed E-state index contributed by atoms with van der Waals surface area (Å²) in [5.41, 5.74) is 0. The second-order valence-corrected chi connectivity index (χ2v) is 6.64. The van der Waals surface area contributed by atoms with Crippen LogP contribution in [-0.2, 0) is 4.79 Å². The Balaban J connectivity index is 0.00000264. The van der Waals surface area contributed by atoms with E-state index in [4.69, 9.17) is 4.74 Å². The molecule has 0 spiro atoms. The standard InChI is InChI=1S/C17H25BrN2O2.ClH/c1-19-15-5-4-11-20(13-15)17(21)6-2-3-12-22-16-9-7-14(18)8-10-16;/h7-10,15,19H,2-6,11-13H2,1H3;1H. The Hall–Kier alpha value is -0.780. The largest absolute Gasteiger partial charge is 0.494 e. The van der Waals surface area contributed by atoms with Crippen molar-refractivity contribution in [3.63, 3.8) is 0 Å². The highest BCUT2D eigenvalue weighted by molar-refractivity contribution is 9.10. The number of halogens is 2. The second-order valence-electron chi connectivity index (χ2n) is 5.73. The Morgan fingerprint density at radius 1 is 1.35 bits per heavy atom. The van der Waals surface area contributed by atoms with Gasteiger partial charge in [0.15, 0.2) is 0 Å². The van der Waals surface area contributed by atoms with Gasteiger partial charge >= 0.3 is 0 Å². The minimum Gasteiger partial charge on any atom is -0.494 e. The minimum absolute atomic E-state index is 0. The van der Waals surface area contributed by atoms with Crippen LogP contribution in [0.3, 0.4) is 0 Å². The summed E-state index contributed by atoms with van der Waals surface area (Å²) < 4.78 is 6.72. The van der Waals surface area contributed by atoms with E-state index in [1.807, 2.05) is 36.2 Å². The molecule has 0 aromatic heterocycles. The van der Waals surface area contributed by atoms with Crippen LogP contribution in [0.1, 0.15) is 32.1 Å². The molecule has 0 saturated carbocycles. The zero-order valence-corrected chi connectivity index (χ0v) is 16.0. The van der Waals surface area contributed by atoms with E-state index in [1.54, 1.807) is 0 Å². The lowest BCUT2D eigenvalue weighted by Gasteiger charge is -2.32. The molecule has 1 aliphatic rings. The molecular formula is C17H26BrClN2O2. The Kier molecular flexibility index (Phi) is 9.60. The van der Waals surface area contributed by atoms with Gasteiger partial charge in [0.1, 0.15) is 5.75 Å². The van der Waals surface area contributed by atoms with Crippen molar-refractivity contribution in [3.05, 3.63) is 28.7 Å². The van der Waals surface area contributed by atoms with Crippen molar-refractivity contribution in [2.75, 3.05) is 26.7 Å². The summed E-state index contributed by atoms with van der Waals surface area (Å²) in [5, 5.41) is 3.27. The molecule has 1 aromatic carbocycles. The van der Waals surface area contributed by atoms with E-state index < -0.39 is 0 Å². The molecule has 1 aromatic rings. The molecule has 1 atom stereocenters. The topological polar surface area (TPSA) is 41.6 Å². The van der Waals surface area contributed by atoms with Crippen molar-refractivity contribution < 1.29 is 9.53 Å². The molecule has 23 heavy (non-hydrogen) atoms. The smallest absolute Gasteiger partial charge is 0.222 e. The molecule has 1 unspecified atom stereocenters. The Bertz CT molecular complexity index is 470. The van der Waals surface area contributed by atoms with Crippen molar-refractivity contribution >= 4 is 34.2 Å². The molecule has 0 radical (unpaired) electrons. The maximum Gasteiger partial charge on any atom is 0.222 e. The highest BCUT2D eigenvalue weighted by Crippen LogP contribution is 2.17. The van der Waals surface area contributed by atoms with Gasteiger partial charge in [-0.1, -0.05) is 15.9 Å². The van der Waals surface area contributed by atoms with E-state index in [9.17, 15) is 4.79 Å². The number of likely N-dealkylation sites (N-methyl/N-ethyl adjacent to an activating group) is 1. The average molecular weight is 406 g/mol. The molecule has 1 aliphatic heterocycles. The molecule has 0 aliphatic carbocycles. The molecule has 1 amide bonds. The molecule has 0 bridgehead atoms. The fourth-order valence-electron chi connectivity index (χ4n) is 2.70. The first-order valence-electron chi connectivity index (χ1n) is 8.02.